The van der Waals surface area contributed by atoms with E-state index in [1.54, 1.807) is 6.07 Å². The zero-order chi connectivity index (χ0) is 10.1. The van der Waals surface area contributed by atoms with Crippen molar-refractivity contribution in [3.8, 4) is 0 Å². The molecule has 0 aliphatic heterocycles. The van der Waals surface area contributed by atoms with Crippen LogP contribution in [0.15, 0.2) is 28.3 Å². The number of hydrogen-bond acceptors (Lipinski definition) is 4. The van der Waals surface area contributed by atoms with E-state index in [0.717, 1.165) is 5.39 Å². The molecule has 0 saturated carbocycles. The molecule has 0 radical (unpaired) electrons. The molecule has 1 N–H and O–H groups in total. The van der Waals surface area contributed by atoms with Crippen molar-refractivity contribution in [1.29, 1.82) is 0 Å². The van der Waals surface area contributed by atoms with Crippen molar-refractivity contribution in [3.63, 3.8) is 0 Å². The van der Waals surface area contributed by atoms with Gasteiger partial charge in [-0.3, -0.25) is 9.00 Å². The summed E-state index contributed by atoms with van der Waals surface area (Å²) in [5, 5.41) is 0.943. The molecule has 0 aliphatic rings. The highest BCUT2D eigenvalue weighted by Gasteiger charge is 2.03. The smallest absolute Gasteiger partial charge is 0.249 e. The Hall–Kier alpha value is -1.56. The van der Waals surface area contributed by atoms with E-state index in [4.69, 9.17) is 0 Å². The van der Waals surface area contributed by atoms with Crippen molar-refractivity contribution < 1.29 is 4.21 Å². The van der Waals surface area contributed by atoms with Crippen LogP contribution in [0.3, 0.4) is 0 Å². The number of fused-ring (bicyclic) bond motifs is 1. The first-order chi connectivity index (χ1) is 6.66. The maximum absolute atomic E-state index is 11.1. The van der Waals surface area contributed by atoms with E-state index in [9.17, 15) is 9.00 Å². The number of rotatable bonds is 1. The summed E-state index contributed by atoms with van der Waals surface area (Å²) in [4.78, 5) is 21.4. The summed E-state index contributed by atoms with van der Waals surface area (Å²) in [5.41, 5.74) is 0.182. The zero-order valence-corrected chi connectivity index (χ0v) is 8.17. The van der Waals surface area contributed by atoms with E-state index in [0.29, 0.717) is 5.65 Å². The summed E-state index contributed by atoms with van der Waals surface area (Å²) in [6.45, 7) is 0. The van der Waals surface area contributed by atoms with Crippen molar-refractivity contribution in [2.45, 2.75) is 5.16 Å². The quantitative estimate of drug-likeness (QED) is 0.673. The predicted molar refractivity (Wildman–Crippen MR) is 52.5 cm³/mol. The number of nitrogens with one attached hydrogen (secondary N) is 1. The summed E-state index contributed by atoms with van der Waals surface area (Å²) in [7, 11) is -1.24. The van der Waals surface area contributed by atoms with Crippen molar-refractivity contribution in [2.24, 2.45) is 0 Å². The molecule has 0 amide bonds. The molecular formula is C8H7N3O2S. The molecule has 0 saturated heterocycles. The summed E-state index contributed by atoms with van der Waals surface area (Å²) in [6.07, 6.45) is 3.03. The average molecular weight is 209 g/mol. The van der Waals surface area contributed by atoms with Gasteiger partial charge in [-0.05, 0) is 6.07 Å². The van der Waals surface area contributed by atoms with Crippen LogP contribution in [-0.2, 0) is 10.8 Å². The van der Waals surface area contributed by atoms with Crippen LogP contribution in [0.4, 0.5) is 0 Å². The maximum Gasteiger partial charge on any atom is 0.249 e. The van der Waals surface area contributed by atoms with Gasteiger partial charge in [0.2, 0.25) is 10.7 Å². The van der Waals surface area contributed by atoms with Crippen LogP contribution >= 0.6 is 0 Å². The summed E-state index contributed by atoms with van der Waals surface area (Å²) >= 11 is 0. The van der Waals surface area contributed by atoms with E-state index < -0.39 is 10.8 Å². The van der Waals surface area contributed by atoms with Gasteiger partial charge >= 0.3 is 0 Å². The SMILES string of the molecule is CS(=O)c1ncc2ccc(=O)[nH]c2n1. The molecule has 6 heteroatoms. The highest BCUT2D eigenvalue weighted by Crippen LogP contribution is 2.06. The van der Waals surface area contributed by atoms with Gasteiger partial charge in [0, 0.05) is 23.9 Å². The Morgan fingerprint density at radius 2 is 2.21 bits per heavy atom. The second-order valence-electron chi connectivity index (χ2n) is 2.73. The molecular weight excluding hydrogens is 202 g/mol. The molecule has 2 heterocycles. The van der Waals surface area contributed by atoms with E-state index in [2.05, 4.69) is 15.0 Å². The number of hydrogen-bond donors (Lipinski definition) is 1. The Morgan fingerprint density at radius 1 is 1.43 bits per heavy atom. The topological polar surface area (TPSA) is 75.7 Å². The fraction of sp³-hybridized carbons (Fsp3) is 0.125. The first-order valence-electron chi connectivity index (χ1n) is 3.86. The molecule has 0 aliphatic carbocycles. The lowest BCUT2D eigenvalue weighted by Gasteiger charge is -1.97. The third kappa shape index (κ3) is 1.56. The minimum Gasteiger partial charge on any atom is -0.306 e. The van der Waals surface area contributed by atoms with Crippen molar-refractivity contribution in [2.75, 3.05) is 6.26 Å². The van der Waals surface area contributed by atoms with Crippen LogP contribution in [0.2, 0.25) is 0 Å². The zero-order valence-electron chi connectivity index (χ0n) is 7.35. The second kappa shape index (κ2) is 3.30. The van der Waals surface area contributed by atoms with Crippen molar-refractivity contribution in [1.82, 2.24) is 15.0 Å². The van der Waals surface area contributed by atoms with E-state index >= 15 is 0 Å². The molecule has 72 valence electrons. The fourth-order valence-electron chi connectivity index (χ4n) is 1.06. The van der Waals surface area contributed by atoms with Gasteiger partial charge in [-0.1, -0.05) is 0 Å². The first-order valence-corrected chi connectivity index (χ1v) is 5.42. The van der Waals surface area contributed by atoms with Gasteiger partial charge in [-0.2, -0.15) is 0 Å². The third-order valence-corrected chi connectivity index (χ3v) is 2.42. The van der Waals surface area contributed by atoms with Gasteiger partial charge < -0.3 is 4.98 Å². The van der Waals surface area contributed by atoms with Gasteiger partial charge in [-0.25, -0.2) is 9.97 Å². The Labute approximate surface area is 81.7 Å². The van der Waals surface area contributed by atoms with Crippen LogP contribution in [0, 0.1) is 0 Å². The molecule has 2 aromatic heterocycles. The molecule has 0 spiro atoms. The van der Waals surface area contributed by atoms with Crippen LogP contribution < -0.4 is 5.56 Å². The minimum atomic E-state index is -1.24. The highest BCUT2D eigenvalue weighted by molar-refractivity contribution is 7.84. The van der Waals surface area contributed by atoms with Crippen LogP contribution in [0.25, 0.3) is 11.0 Å². The molecule has 2 aromatic rings. The Bertz CT molecular complexity index is 564. The molecule has 0 aromatic carbocycles. The number of aromatic nitrogens is 3. The van der Waals surface area contributed by atoms with Crippen LogP contribution in [0.5, 0.6) is 0 Å². The fourth-order valence-corrected chi connectivity index (χ4v) is 1.48. The third-order valence-electron chi connectivity index (χ3n) is 1.71. The molecule has 0 bridgehead atoms. The van der Waals surface area contributed by atoms with Gasteiger partial charge in [0.25, 0.3) is 0 Å². The number of H-pyrrole nitrogens is 1. The number of pyridine rings is 1. The molecule has 1 unspecified atom stereocenters. The lowest BCUT2D eigenvalue weighted by atomic mass is 10.3. The Balaban J connectivity index is 2.75. The monoisotopic (exact) mass is 209 g/mol. The summed E-state index contributed by atoms with van der Waals surface area (Å²) in [6, 6.07) is 3.02. The first kappa shape index (κ1) is 9.01. The minimum absolute atomic E-state index is 0.222. The maximum atomic E-state index is 11.1. The second-order valence-corrected chi connectivity index (χ2v) is 4.01. The molecule has 5 nitrogen and oxygen atoms in total. The summed E-state index contributed by atoms with van der Waals surface area (Å²) < 4.78 is 11.1. The largest absolute Gasteiger partial charge is 0.306 e. The van der Waals surface area contributed by atoms with Gasteiger partial charge in [-0.15, -0.1) is 0 Å². The van der Waals surface area contributed by atoms with E-state index in [1.807, 2.05) is 0 Å². The van der Waals surface area contributed by atoms with Crippen molar-refractivity contribution >= 4 is 21.8 Å². The highest BCUT2D eigenvalue weighted by atomic mass is 32.2. The van der Waals surface area contributed by atoms with E-state index in [-0.39, 0.29) is 10.7 Å². The van der Waals surface area contributed by atoms with Crippen molar-refractivity contribution in [3.05, 3.63) is 28.7 Å². The lowest BCUT2D eigenvalue weighted by molar-refractivity contribution is 0.680. The normalized spacial score (nSPS) is 12.9. The molecule has 0 fully saturated rings. The number of aromatic amines is 1. The van der Waals surface area contributed by atoms with Gasteiger partial charge in [0.15, 0.2) is 0 Å². The average Bonchev–Trinajstić information content (AvgIpc) is 2.16. The van der Waals surface area contributed by atoms with E-state index in [1.165, 1.54) is 18.5 Å². The lowest BCUT2D eigenvalue weighted by Crippen LogP contribution is -2.06. The number of nitrogens with zero attached hydrogens (tertiary/aromatic N) is 2. The molecule has 2 rings (SSSR count). The summed E-state index contributed by atoms with van der Waals surface area (Å²) in [5.74, 6) is 0. The van der Waals surface area contributed by atoms with Gasteiger partial charge in [0.1, 0.15) is 5.65 Å². The molecule has 14 heavy (non-hydrogen) atoms. The standard InChI is InChI=1S/C8H7N3O2S/c1-14(13)8-9-4-5-2-3-6(12)10-7(5)11-8/h2-4H,1H3,(H,9,10,11,12). The van der Waals surface area contributed by atoms with Gasteiger partial charge in [0.05, 0.1) is 10.8 Å². The molecule has 1 atom stereocenters. The Kier molecular flexibility index (Phi) is 2.12. The predicted octanol–water partition coefficient (Wildman–Crippen LogP) is 0.0555. The Morgan fingerprint density at radius 3 is 2.93 bits per heavy atom. The van der Waals surface area contributed by atoms with Crippen LogP contribution in [0.1, 0.15) is 0 Å². The van der Waals surface area contributed by atoms with Crippen LogP contribution in [-0.4, -0.2) is 25.4 Å².